The van der Waals surface area contributed by atoms with Crippen LogP contribution in [0.4, 0.5) is 5.69 Å². The Labute approximate surface area is 113 Å². The van der Waals surface area contributed by atoms with Crippen LogP contribution in [0.25, 0.3) is 0 Å². The Morgan fingerprint density at radius 3 is 2.33 bits per heavy atom. The molecule has 1 aliphatic rings. The molecule has 0 spiro atoms. The zero-order valence-electron chi connectivity index (χ0n) is 10.4. The molecule has 4 heteroatoms. The van der Waals surface area contributed by atoms with Crippen LogP contribution < -0.4 is 11.1 Å². The van der Waals surface area contributed by atoms with E-state index in [0.29, 0.717) is 5.02 Å². The minimum atomic E-state index is -0.637. The summed E-state index contributed by atoms with van der Waals surface area (Å²) in [5.74, 6) is -0.274. The highest BCUT2D eigenvalue weighted by atomic mass is 35.5. The van der Waals surface area contributed by atoms with E-state index in [9.17, 15) is 4.79 Å². The number of carbonyl (C=O) groups is 1. The van der Waals surface area contributed by atoms with Gasteiger partial charge in [-0.1, -0.05) is 49.4 Å². The van der Waals surface area contributed by atoms with Gasteiger partial charge >= 0.3 is 0 Å². The second kappa shape index (κ2) is 5.61. The van der Waals surface area contributed by atoms with E-state index in [4.69, 9.17) is 17.3 Å². The van der Waals surface area contributed by atoms with Crippen LogP contribution in [0.3, 0.4) is 0 Å². The second-order valence-corrected chi connectivity index (χ2v) is 5.37. The first kappa shape index (κ1) is 13.2. The van der Waals surface area contributed by atoms with Gasteiger partial charge in [0.25, 0.3) is 0 Å². The number of amides is 1. The summed E-state index contributed by atoms with van der Waals surface area (Å²) in [7, 11) is 0. The van der Waals surface area contributed by atoms with Crippen molar-refractivity contribution in [1.29, 1.82) is 0 Å². The first-order valence-corrected chi connectivity index (χ1v) is 6.84. The zero-order chi connectivity index (χ0) is 13.0. The minimum Gasteiger partial charge on any atom is -0.370 e. The summed E-state index contributed by atoms with van der Waals surface area (Å²) < 4.78 is 0. The number of hydrogen-bond acceptors (Lipinski definition) is 2. The Balaban J connectivity index is 2.25. The average molecular weight is 267 g/mol. The molecular formula is C14H19ClN2O. The number of benzene rings is 1. The smallest absolute Gasteiger partial charge is 0.243 e. The van der Waals surface area contributed by atoms with Gasteiger partial charge in [0.2, 0.25) is 5.91 Å². The van der Waals surface area contributed by atoms with Gasteiger partial charge in [0.05, 0.1) is 10.7 Å². The van der Waals surface area contributed by atoms with Gasteiger partial charge in [-0.25, -0.2) is 0 Å². The van der Waals surface area contributed by atoms with Crippen LogP contribution in [0.1, 0.15) is 38.5 Å². The van der Waals surface area contributed by atoms with Crippen molar-refractivity contribution in [1.82, 2.24) is 0 Å². The van der Waals surface area contributed by atoms with E-state index in [1.807, 2.05) is 24.3 Å². The molecule has 1 amide bonds. The lowest BCUT2D eigenvalue weighted by Crippen LogP contribution is -2.50. The molecule has 0 bridgehead atoms. The lowest BCUT2D eigenvalue weighted by Gasteiger charge is -2.32. The quantitative estimate of drug-likeness (QED) is 0.825. The van der Waals surface area contributed by atoms with Crippen molar-refractivity contribution in [3.05, 3.63) is 29.3 Å². The van der Waals surface area contributed by atoms with E-state index in [0.717, 1.165) is 31.4 Å². The number of rotatable bonds is 3. The van der Waals surface area contributed by atoms with Crippen molar-refractivity contribution in [2.75, 3.05) is 5.32 Å². The van der Waals surface area contributed by atoms with Gasteiger partial charge < -0.3 is 11.1 Å². The van der Waals surface area contributed by atoms with Gasteiger partial charge in [-0.3, -0.25) is 4.79 Å². The van der Waals surface area contributed by atoms with Crippen LogP contribution in [-0.2, 0) is 4.79 Å². The van der Waals surface area contributed by atoms with Gasteiger partial charge in [0, 0.05) is 0 Å². The van der Waals surface area contributed by atoms with Crippen molar-refractivity contribution in [2.45, 2.75) is 44.1 Å². The molecule has 0 saturated heterocycles. The maximum atomic E-state index is 11.9. The van der Waals surface area contributed by atoms with Gasteiger partial charge in [-0.15, -0.1) is 0 Å². The summed E-state index contributed by atoms with van der Waals surface area (Å²) in [5.41, 5.74) is 5.78. The number of hydrogen-bond donors (Lipinski definition) is 2. The van der Waals surface area contributed by atoms with Crippen LogP contribution in [0, 0.1) is 0 Å². The van der Waals surface area contributed by atoms with Gasteiger partial charge in [0.15, 0.2) is 0 Å². The topological polar surface area (TPSA) is 55.1 Å². The molecule has 98 valence electrons. The van der Waals surface area contributed by atoms with Gasteiger partial charge in [-0.05, 0) is 25.0 Å². The lowest BCUT2D eigenvalue weighted by molar-refractivity contribution is -0.122. The highest BCUT2D eigenvalue weighted by molar-refractivity contribution is 6.33. The number of para-hydroxylation sites is 1. The predicted molar refractivity (Wildman–Crippen MR) is 74.7 cm³/mol. The molecule has 1 aromatic carbocycles. The third-order valence-corrected chi connectivity index (χ3v) is 4.01. The predicted octanol–water partition coefficient (Wildman–Crippen LogP) is 3.33. The van der Waals surface area contributed by atoms with Crippen LogP contribution in [0.15, 0.2) is 24.3 Å². The monoisotopic (exact) mass is 266 g/mol. The molecule has 0 radical (unpaired) electrons. The SMILES string of the molecule is NC(=O)C1(Nc2ccccc2Cl)CCCCCC1. The maximum absolute atomic E-state index is 11.9. The summed E-state index contributed by atoms with van der Waals surface area (Å²) in [5, 5.41) is 3.92. The van der Waals surface area contributed by atoms with E-state index in [2.05, 4.69) is 5.32 Å². The molecule has 1 saturated carbocycles. The Kier molecular flexibility index (Phi) is 4.12. The summed E-state index contributed by atoms with van der Waals surface area (Å²) in [6.07, 6.45) is 5.96. The summed E-state index contributed by atoms with van der Waals surface area (Å²) in [6.45, 7) is 0. The van der Waals surface area contributed by atoms with E-state index in [1.165, 1.54) is 12.8 Å². The molecule has 2 rings (SSSR count). The van der Waals surface area contributed by atoms with Crippen LogP contribution in [0.2, 0.25) is 5.02 Å². The standard InChI is InChI=1S/C14H19ClN2O/c15-11-7-3-4-8-12(11)17-14(13(16)18)9-5-1-2-6-10-14/h3-4,7-8,17H,1-2,5-6,9-10H2,(H2,16,18). The number of nitrogens with two attached hydrogens (primary N) is 1. The molecule has 0 unspecified atom stereocenters. The number of nitrogens with one attached hydrogen (secondary N) is 1. The zero-order valence-corrected chi connectivity index (χ0v) is 11.2. The van der Waals surface area contributed by atoms with E-state index >= 15 is 0 Å². The molecule has 3 N–H and O–H groups in total. The second-order valence-electron chi connectivity index (χ2n) is 4.97. The van der Waals surface area contributed by atoms with Gasteiger partial charge in [0.1, 0.15) is 5.54 Å². The fourth-order valence-corrected chi connectivity index (χ4v) is 2.77. The minimum absolute atomic E-state index is 0.274. The molecule has 1 fully saturated rings. The molecule has 18 heavy (non-hydrogen) atoms. The molecule has 0 aliphatic heterocycles. The molecular weight excluding hydrogens is 248 g/mol. The molecule has 0 aromatic heterocycles. The Morgan fingerprint density at radius 2 is 1.78 bits per heavy atom. The summed E-state index contributed by atoms with van der Waals surface area (Å²) in [6, 6.07) is 7.48. The van der Waals surface area contributed by atoms with Crippen LogP contribution in [0.5, 0.6) is 0 Å². The molecule has 0 atom stereocenters. The van der Waals surface area contributed by atoms with Crippen molar-refractivity contribution in [3.8, 4) is 0 Å². The molecule has 0 heterocycles. The van der Waals surface area contributed by atoms with E-state index < -0.39 is 5.54 Å². The van der Waals surface area contributed by atoms with E-state index in [-0.39, 0.29) is 5.91 Å². The average Bonchev–Trinajstić information content (AvgIpc) is 2.59. The van der Waals surface area contributed by atoms with Crippen molar-refractivity contribution in [2.24, 2.45) is 5.73 Å². The number of halogens is 1. The number of carbonyl (C=O) groups excluding carboxylic acids is 1. The summed E-state index contributed by atoms with van der Waals surface area (Å²) >= 11 is 6.14. The fraction of sp³-hybridized carbons (Fsp3) is 0.500. The maximum Gasteiger partial charge on any atom is 0.243 e. The number of anilines is 1. The van der Waals surface area contributed by atoms with Crippen molar-refractivity contribution in [3.63, 3.8) is 0 Å². The largest absolute Gasteiger partial charge is 0.370 e. The first-order chi connectivity index (χ1) is 8.64. The van der Waals surface area contributed by atoms with Crippen molar-refractivity contribution < 1.29 is 4.79 Å². The van der Waals surface area contributed by atoms with Crippen molar-refractivity contribution >= 4 is 23.2 Å². The number of primary amides is 1. The highest BCUT2D eigenvalue weighted by Crippen LogP contribution is 2.33. The van der Waals surface area contributed by atoms with Crippen LogP contribution in [-0.4, -0.2) is 11.4 Å². The molecule has 3 nitrogen and oxygen atoms in total. The Hall–Kier alpha value is -1.22. The normalized spacial score (nSPS) is 18.9. The third-order valence-electron chi connectivity index (χ3n) is 3.68. The Bertz CT molecular complexity index is 426. The molecule has 1 aliphatic carbocycles. The fourth-order valence-electron chi connectivity index (χ4n) is 2.59. The van der Waals surface area contributed by atoms with Crippen LogP contribution >= 0.6 is 11.6 Å². The third kappa shape index (κ3) is 2.78. The van der Waals surface area contributed by atoms with Gasteiger partial charge in [-0.2, -0.15) is 0 Å². The Morgan fingerprint density at radius 1 is 1.17 bits per heavy atom. The first-order valence-electron chi connectivity index (χ1n) is 6.47. The molecule has 1 aromatic rings. The lowest BCUT2D eigenvalue weighted by atomic mass is 9.89. The van der Waals surface area contributed by atoms with E-state index in [1.54, 1.807) is 0 Å². The highest BCUT2D eigenvalue weighted by Gasteiger charge is 2.37. The summed E-state index contributed by atoms with van der Waals surface area (Å²) in [4.78, 5) is 11.9.